The van der Waals surface area contributed by atoms with E-state index in [0.717, 1.165) is 35.7 Å². The molecule has 166 valence electrons. The molecule has 2 aromatic carbocycles. The van der Waals surface area contributed by atoms with Gasteiger partial charge in [-0.15, -0.1) is 0 Å². The largest absolute Gasteiger partial charge is 0.488 e. The zero-order chi connectivity index (χ0) is 22.5. The van der Waals surface area contributed by atoms with Gasteiger partial charge in [0, 0.05) is 6.04 Å². The minimum absolute atomic E-state index is 0.0694. The Morgan fingerprint density at radius 2 is 2.00 bits per heavy atom. The van der Waals surface area contributed by atoms with Crippen molar-refractivity contribution in [1.29, 1.82) is 0 Å². The summed E-state index contributed by atoms with van der Waals surface area (Å²) in [5.41, 5.74) is 1.12. The summed E-state index contributed by atoms with van der Waals surface area (Å²) in [5, 5.41) is 0.545. The molecular formula is C25H24BrFN2O2S. The van der Waals surface area contributed by atoms with Gasteiger partial charge in [-0.1, -0.05) is 50.1 Å². The number of amidine groups is 1. The summed E-state index contributed by atoms with van der Waals surface area (Å²) in [6, 6.07) is 12.2. The van der Waals surface area contributed by atoms with Crippen molar-refractivity contribution < 1.29 is 13.9 Å². The van der Waals surface area contributed by atoms with Gasteiger partial charge >= 0.3 is 0 Å². The van der Waals surface area contributed by atoms with Gasteiger partial charge in [-0.25, -0.2) is 9.38 Å². The molecule has 1 heterocycles. The van der Waals surface area contributed by atoms with E-state index in [9.17, 15) is 9.18 Å². The van der Waals surface area contributed by atoms with Gasteiger partial charge in [0.1, 0.15) is 23.9 Å². The highest BCUT2D eigenvalue weighted by molar-refractivity contribution is 9.10. The number of rotatable bonds is 6. The van der Waals surface area contributed by atoms with E-state index in [1.807, 2.05) is 24.3 Å². The molecule has 0 spiro atoms. The first kappa shape index (κ1) is 22.8. The second-order valence-electron chi connectivity index (χ2n) is 7.71. The van der Waals surface area contributed by atoms with Crippen LogP contribution in [0.15, 0.2) is 69.5 Å². The van der Waals surface area contributed by atoms with Crippen LogP contribution >= 0.6 is 27.7 Å². The maximum Gasteiger partial charge on any atom is 0.267 e. The van der Waals surface area contributed by atoms with Gasteiger partial charge in [-0.05, 0) is 76.4 Å². The molecule has 1 saturated heterocycles. The van der Waals surface area contributed by atoms with Gasteiger partial charge in [-0.3, -0.25) is 9.69 Å². The number of hydrogen-bond acceptors (Lipinski definition) is 4. The average Bonchev–Trinajstić information content (AvgIpc) is 3.10. The number of amides is 1. The Bertz CT molecular complexity index is 1080. The fourth-order valence-corrected chi connectivity index (χ4v) is 5.46. The molecule has 1 aliphatic carbocycles. The summed E-state index contributed by atoms with van der Waals surface area (Å²) in [6.45, 7) is 4.07. The van der Waals surface area contributed by atoms with Crippen molar-refractivity contribution >= 4 is 50.5 Å². The zero-order valence-corrected chi connectivity index (χ0v) is 20.0. The molecule has 0 radical (unpaired) electrons. The number of carbonyl (C=O) groups is 1. The van der Waals surface area contributed by atoms with Crippen LogP contribution in [0.25, 0.3) is 6.08 Å². The molecule has 7 heteroatoms. The molecule has 0 aromatic heterocycles. The number of thioether (sulfide) groups is 1. The Kier molecular flexibility index (Phi) is 7.48. The highest BCUT2D eigenvalue weighted by atomic mass is 79.9. The van der Waals surface area contributed by atoms with Crippen LogP contribution in [0.5, 0.6) is 5.75 Å². The SMILES string of the molecule is C=CCOc1ccc(/C=C2\SC(=Nc3ccccc3F)N(C3CCCCC3)C2=O)cc1Br. The molecule has 2 aromatic rings. The van der Waals surface area contributed by atoms with Crippen molar-refractivity contribution in [3.8, 4) is 5.75 Å². The molecule has 2 fully saturated rings. The Morgan fingerprint density at radius 1 is 1.22 bits per heavy atom. The number of nitrogens with zero attached hydrogens (tertiary/aromatic N) is 2. The van der Waals surface area contributed by atoms with E-state index in [1.54, 1.807) is 29.2 Å². The standard InChI is InChI=1S/C25H24BrFN2O2S/c1-2-14-31-22-13-12-17(15-19(22)26)16-23-24(30)29(18-8-4-3-5-9-18)25(32-23)28-21-11-7-6-10-20(21)27/h2,6-7,10-13,15-16,18H,1,3-5,8-9,14H2/b23-16-,28-25?. The van der Waals surface area contributed by atoms with Crippen LogP contribution in [-0.2, 0) is 4.79 Å². The molecule has 0 bridgehead atoms. The maximum atomic E-state index is 14.3. The van der Waals surface area contributed by atoms with E-state index in [2.05, 4.69) is 27.5 Å². The number of halogens is 2. The third-order valence-electron chi connectivity index (χ3n) is 5.46. The summed E-state index contributed by atoms with van der Waals surface area (Å²) in [6.07, 6.45) is 8.78. The fraction of sp³-hybridized carbons (Fsp3) is 0.280. The number of carbonyl (C=O) groups excluding carboxylic acids is 1. The zero-order valence-electron chi connectivity index (χ0n) is 17.6. The Labute approximate surface area is 200 Å². The van der Waals surface area contributed by atoms with E-state index in [0.29, 0.717) is 22.4 Å². The summed E-state index contributed by atoms with van der Waals surface area (Å²) in [7, 11) is 0. The average molecular weight is 515 g/mol. The molecule has 4 rings (SSSR count). The lowest BCUT2D eigenvalue weighted by atomic mass is 9.94. The van der Waals surface area contributed by atoms with Gasteiger partial charge < -0.3 is 4.74 Å². The Morgan fingerprint density at radius 3 is 2.72 bits per heavy atom. The first-order valence-electron chi connectivity index (χ1n) is 10.7. The quantitative estimate of drug-likeness (QED) is 0.305. The van der Waals surface area contributed by atoms with Gasteiger partial charge in [0.05, 0.1) is 9.38 Å². The van der Waals surface area contributed by atoms with Gasteiger partial charge in [0.15, 0.2) is 5.17 Å². The molecule has 1 saturated carbocycles. The summed E-state index contributed by atoms with van der Waals surface area (Å²) < 4.78 is 20.7. The predicted molar refractivity (Wildman–Crippen MR) is 133 cm³/mol. The van der Waals surface area contributed by atoms with Crippen molar-refractivity contribution in [2.24, 2.45) is 4.99 Å². The van der Waals surface area contributed by atoms with Crippen LogP contribution in [-0.4, -0.2) is 28.6 Å². The van der Waals surface area contributed by atoms with Crippen molar-refractivity contribution in [3.05, 3.63) is 75.9 Å². The van der Waals surface area contributed by atoms with Crippen LogP contribution in [0.2, 0.25) is 0 Å². The molecule has 0 unspecified atom stereocenters. The molecule has 2 aliphatic rings. The van der Waals surface area contributed by atoms with E-state index in [4.69, 9.17) is 4.74 Å². The highest BCUT2D eigenvalue weighted by Gasteiger charge is 2.38. The molecule has 0 N–H and O–H groups in total. The number of hydrogen-bond donors (Lipinski definition) is 0. The smallest absolute Gasteiger partial charge is 0.267 e. The Balaban J connectivity index is 1.66. The number of ether oxygens (including phenoxy) is 1. The lowest BCUT2D eigenvalue weighted by Crippen LogP contribution is -2.40. The summed E-state index contributed by atoms with van der Waals surface area (Å²) in [5.74, 6) is 0.247. The second kappa shape index (κ2) is 10.5. The van der Waals surface area contributed by atoms with Crippen LogP contribution in [0, 0.1) is 5.82 Å². The van der Waals surface area contributed by atoms with Crippen molar-refractivity contribution in [2.75, 3.05) is 6.61 Å². The first-order chi connectivity index (χ1) is 15.6. The van der Waals surface area contributed by atoms with Gasteiger partial charge in [0.2, 0.25) is 0 Å². The Hall–Kier alpha value is -2.38. The topological polar surface area (TPSA) is 41.9 Å². The fourth-order valence-electron chi connectivity index (χ4n) is 3.90. The second-order valence-corrected chi connectivity index (χ2v) is 9.58. The van der Waals surface area contributed by atoms with E-state index < -0.39 is 5.82 Å². The number of para-hydroxylation sites is 1. The maximum absolute atomic E-state index is 14.3. The molecule has 4 nitrogen and oxygen atoms in total. The third kappa shape index (κ3) is 5.15. The van der Waals surface area contributed by atoms with Crippen LogP contribution in [0.3, 0.4) is 0 Å². The van der Waals surface area contributed by atoms with E-state index in [-0.39, 0.29) is 17.6 Å². The minimum atomic E-state index is -0.395. The first-order valence-corrected chi connectivity index (χ1v) is 12.3. The van der Waals surface area contributed by atoms with Crippen LogP contribution < -0.4 is 4.74 Å². The van der Waals surface area contributed by atoms with Crippen molar-refractivity contribution in [2.45, 2.75) is 38.1 Å². The molecule has 1 aliphatic heterocycles. The molecular weight excluding hydrogens is 491 g/mol. The summed E-state index contributed by atoms with van der Waals surface area (Å²) >= 11 is 4.83. The highest BCUT2D eigenvalue weighted by Crippen LogP contribution is 2.39. The van der Waals surface area contributed by atoms with E-state index >= 15 is 0 Å². The van der Waals surface area contributed by atoms with Crippen LogP contribution in [0.1, 0.15) is 37.7 Å². The monoisotopic (exact) mass is 514 g/mol. The van der Waals surface area contributed by atoms with Crippen LogP contribution in [0.4, 0.5) is 10.1 Å². The third-order valence-corrected chi connectivity index (χ3v) is 7.06. The lowest BCUT2D eigenvalue weighted by molar-refractivity contribution is -0.124. The molecule has 32 heavy (non-hydrogen) atoms. The number of benzene rings is 2. The van der Waals surface area contributed by atoms with Crippen molar-refractivity contribution in [1.82, 2.24) is 4.90 Å². The summed E-state index contributed by atoms with van der Waals surface area (Å²) in [4.78, 5) is 20.3. The van der Waals surface area contributed by atoms with Gasteiger partial charge in [-0.2, -0.15) is 0 Å². The van der Waals surface area contributed by atoms with Crippen molar-refractivity contribution in [3.63, 3.8) is 0 Å². The minimum Gasteiger partial charge on any atom is -0.488 e. The molecule has 1 amide bonds. The van der Waals surface area contributed by atoms with E-state index in [1.165, 1.54) is 24.2 Å². The predicted octanol–water partition coefficient (Wildman–Crippen LogP) is 7.09. The molecule has 0 atom stereocenters. The normalized spacial score (nSPS) is 19.7. The lowest BCUT2D eigenvalue weighted by Gasteiger charge is -2.30. The van der Waals surface area contributed by atoms with Gasteiger partial charge in [0.25, 0.3) is 5.91 Å². The number of aliphatic imine (C=N–C) groups is 1.